The lowest BCUT2D eigenvalue weighted by Crippen LogP contribution is -2.17. The fourth-order valence-corrected chi connectivity index (χ4v) is 0.346. The summed E-state index contributed by atoms with van der Waals surface area (Å²) in [6, 6.07) is 0. The summed E-state index contributed by atoms with van der Waals surface area (Å²) in [5, 5.41) is 15.8. The Labute approximate surface area is 100 Å². The van der Waals surface area contributed by atoms with E-state index in [0.29, 0.717) is 6.10 Å². The van der Waals surface area contributed by atoms with E-state index < -0.39 is 18.2 Å². The van der Waals surface area contributed by atoms with Crippen molar-refractivity contribution >= 4 is 12.1 Å². The van der Waals surface area contributed by atoms with Crippen LogP contribution in [0.15, 0.2) is 0 Å². The number of hydrogen-bond acceptors (Lipinski definition) is 6. The second kappa shape index (κ2) is 11.2. The third-order valence-corrected chi connectivity index (χ3v) is 1.22. The molecular weight excluding hydrogens is 232 g/mol. The van der Waals surface area contributed by atoms with Gasteiger partial charge in [0.25, 0.3) is 5.97 Å². The lowest BCUT2D eigenvalue weighted by Gasteiger charge is -2.07. The fraction of sp³-hybridized carbons (Fsp3) is 0.800. The predicted molar refractivity (Wildman–Crippen MR) is 58.8 cm³/mol. The third kappa shape index (κ3) is 25.2. The molecule has 1 rings (SSSR count). The number of epoxide rings is 1. The smallest absolute Gasteiger partial charge is 0.481 e. The topological polar surface area (TPSA) is 106 Å². The minimum Gasteiger partial charge on any atom is -0.481 e. The van der Waals surface area contributed by atoms with Gasteiger partial charge < -0.3 is 24.4 Å². The first-order valence-electron chi connectivity index (χ1n) is 5.00. The molecule has 0 aromatic rings. The van der Waals surface area contributed by atoms with Gasteiger partial charge in [-0.1, -0.05) is 0 Å². The van der Waals surface area contributed by atoms with Gasteiger partial charge in [0, 0.05) is 6.92 Å². The SMILES string of the molecule is CC(=O)O.CC1CO1.COC(=O)OC(C)CO. The van der Waals surface area contributed by atoms with Crippen molar-refractivity contribution in [1.29, 1.82) is 0 Å². The third-order valence-electron chi connectivity index (χ3n) is 1.22. The number of carbonyl (C=O) groups is 2. The molecule has 7 heteroatoms. The number of aliphatic carboxylic acids is 1. The molecule has 102 valence electrons. The summed E-state index contributed by atoms with van der Waals surface area (Å²) in [5.41, 5.74) is 0. The summed E-state index contributed by atoms with van der Waals surface area (Å²) in [6.45, 7) is 5.51. The zero-order valence-electron chi connectivity index (χ0n) is 10.5. The standard InChI is InChI=1S/C5H10O4.C3H6O.C2H4O2/c1-4(3-6)9-5(7)8-2;1-3-2-4-3;1-2(3)4/h4,6H,3H2,1-2H3;3H,2H2,1H3;1H3,(H,3,4). The van der Waals surface area contributed by atoms with E-state index in [2.05, 4.69) is 16.4 Å². The number of carboxylic acid groups (broad SMARTS) is 1. The molecule has 17 heavy (non-hydrogen) atoms. The van der Waals surface area contributed by atoms with Crippen molar-refractivity contribution in [3.05, 3.63) is 0 Å². The molecule has 1 aliphatic heterocycles. The van der Waals surface area contributed by atoms with Crippen LogP contribution in [0.5, 0.6) is 0 Å². The van der Waals surface area contributed by atoms with Gasteiger partial charge in [0.05, 0.1) is 26.4 Å². The van der Waals surface area contributed by atoms with Crippen molar-refractivity contribution in [1.82, 2.24) is 0 Å². The van der Waals surface area contributed by atoms with Gasteiger partial charge in [0.1, 0.15) is 6.10 Å². The van der Waals surface area contributed by atoms with Crippen molar-refractivity contribution in [3.8, 4) is 0 Å². The minimum absolute atomic E-state index is 0.185. The van der Waals surface area contributed by atoms with Gasteiger partial charge >= 0.3 is 6.16 Å². The Morgan fingerprint density at radius 3 is 2.06 bits per heavy atom. The van der Waals surface area contributed by atoms with Crippen LogP contribution >= 0.6 is 0 Å². The highest BCUT2D eigenvalue weighted by Gasteiger charge is 2.13. The van der Waals surface area contributed by atoms with E-state index in [9.17, 15) is 4.79 Å². The molecular formula is C10H20O7. The van der Waals surface area contributed by atoms with Crippen LogP contribution in [0.1, 0.15) is 20.8 Å². The fourth-order valence-electron chi connectivity index (χ4n) is 0.346. The van der Waals surface area contributed by atoms with Crippen molar-refractivity contribution in [2.75, 3.05) is 20.3 Å². The second-order valence-electron chi connectivity index (χ2n) is 3.23. The molecule has 1 aliphatic rings. The summed E-state index contributed by atoms with van der Waals surface area (Å²) in [6.07, 6.45) is -0.672. The van der Waals surface area contributed by atoms with E-state index in [1.807, 2.05) is 0 Å². The number of carbonyl (C=O) groups excluding carboxylic acids is 1. The summed E-state index contributed by atoms with van der Waals surface area (Å²) >= 11 is 0. The minimum atomic E-state index is -0.833. The number of aliphatic hydroxyl groups excluding tert-OH is 1. The Kier molecular flexibility index (Phi) is 11.8. The number of rotatable bonds is 2. The number of hydrogen-bond donors (Lipinski definition) is 2. The van der Waals surface area contributed by atoms with Gasteiger partial charge in [0.2, 0.25) is 0 Å². The maximum Gasteiger partial charge on any atom is 0.508 e. The Bertz CT molecular complexity index is 209. The first-order chi connectivity index (χ1) is 7.83. The van der Waals surface area contributed by atoms with Gasteiger partial charge in [0.15, 0.2) is 0 Å². The van der Waals surface area contributed by atoms with Gasteiger partial charge in [-0.25, -0.2) is 4.79 Å². The Hall–Kier alpha value is -1.34. The molecule has 1 saturated heterocycles. The molecule has 1 fully saturated rings. The zero-order chi connectivity index (χ0) is 13.8. The largest absolute Gasteiger partial charge is 0.508 e. The average molecular weight is 252 g/mol. The van der Waals surface area contributed by atoms with Crippen molar-refractivity contribution in [2.45, 2.75) is 33.0 Å². The van der Waals surface area contributed by atoms with E-state index in [0.717, 1.165) is 13.5 Å². The van der Waals surface area contributed by atoms with Crippen LogP contribution in [0, 0.1) is 0 Å². The van der Waals surface area contributed by atoms with Crippen LogP contribution in [0.25, 0.3) is 0 Å². The highest BCUT2D eigenvalue weighted by molar-refractivity contribution is 5.63. The van der Waals surface area contributed by atoms with Crippen molar-refractivity contribution in [3.63, 3.8) is 0 Å². The van der Waals surface area contributed by atoms with Gasteiger partial charge in [-0.05, 0) is 13.8 Å². The normalized spacial score (nSPS) is 17.4. The first kappa shape index (κ1) is 18.0. The molecule has 0 amide bonds. The molecule has 0 aromatic heterocycles. The first-order valence-corrected chi connectivity index (χ1v) is 5.00. The van der Waals surface area contributed by atoms with E-state index in [1.165, 1.54) is 7.11 Å². The molecule has 0 radical (unpaired) electrons. The van der Waals surface area contributed by atoms with E-state index in [4.69, 9.17) is 19.7 Å². The van der Waals surface area contributed by atoms with Crippen LogP contribution in [0.2, 0.25) is 0 Å². The molecule has 2 unspecified atom stereocenters. The summed E-state index contributed by atoms with van der Waals surface area (Å²) in [7, 11) is 1.21. The summed E-state index contributed by atoms with van der Waals surface area (Å²) in [5.74, 6) is -0.833. The zero-order valence-corrected chi connectivity index (χ0v) is 10.5. The van der Waals surface area contributed by atoms with E-state index in [1.54, 1.807) is 6.92 Å². The molecule has 2 N–H and O–H groups in total. The van der Waals surface area contributed by atoms with Gasteiger partial charge in [-0.15, -0.1) is 0 Å². The average Bonchev–Trinajstić information content (AvgIpc) is 3.00. The van der Waals surface area contributed by atoms with E-state index in [-0.39, 0.29) is 6.61 Å². The second-order valence-corrected chi connectivity index (χ2v) is 3.23. The van der Waals surface area contributed by atoms with Crippen molar-refractivity contribution < 1.29 is 34.0 Å². The number of methoxy groups -OCH3 is 1. The number of aliphatic hydroxyl groups is 1. The van der Waals surface area contributed by atoms with Gasteiger partial charge in [-0.2, -0.15) is 0 Å². The predicted octanol–water partition coefficient (Wildman–Crippen LogP) is 0.646. The number of ether oxygens (including phenoxy) is 3. The molecule has 1 heterocycles. The van der Waals surface area contributed by atoms with Crippen molar-refractivity contribution in [2.24, 2.45) is 0 Å². The molecule has 7 nitrogen and oxygen atoms in total. The lowest BCUT2D eigenvalue weighted by atomic mass is 10.4. The molecule has 2 atom stereocenters. The molecule has 0 aliphatic carbocycles. The van der Waals surface area contributed by atoms with Crippen LogP contribution in [-0.2, 0) is 19.0 Å². The summed E-state index contributed by atoms with van der Waals surface area (Å²) in [4.78, 5) is 19.2. The van der Waals surface area contributed by atoms with Crippen LogP contribution in [0.4, 0.5) is 4.79 Å². The molecule has 0 aromatic carbocycles. The quantitative estimate of drug-likeness (QED) is 0.549. The van der Waals surface area contributed by atoms with Crippen LogP contribution < -0.4 is 0 Å². The Balaban J connectivity index is 0. The molecule has 0 bridgehead atoms. The Morgan fingerprint density at radius 2 is 1.88 bits per heavy atom. The van der Waals surface area contributed by atoms with Crippen LogP contribution in [0.3, 0.4) is 0 Å². The Morgan fingerprint density at radius 1 is 1.53 bits per heavy atom. The molecule has 0 saturated carbocycles. The highest BCUT2D eigenvalue weighted by Crippen LogP contribution is 2.04. The van der Waals surface area contributed by atoms with E-state index >= 15 is 0 Å². The lowest BCUT2D eigenvalue weighted by molar-refractivity contribution is -0.134. The maximum atomic E-state index is 10.2. The van der Waals surface area contributed by atoms with Crippen LogP contribution in [-0.4, -0.2) is 54.9 Å². The summed E-state index contributed by atoms with van der Waals surface area (Å²) < 4.78 is 13.3. The number of carboxylic acids is 1. The van der Waals surface area contributed by atoms with Gasteiger partial charge in [-0.3, -0.25) is 4.79 Å². The highest BCUT2D eigenvalue weighted by atomic mass is 16.7. The molecule has 0 spiro atoms. The monoisotopic (exact) mass is 252 g/mol. The maximum absolute atomic E-state index is 10.2.